The second kappa shape index (κ2) is 3.73. The van der Waals surface area contributed by atoms with Gasteiger partial charge in [0.15, 0.2) is 0 Å². The van der Waals surface area contributed by atoms with Crippen molar-refractivity contribution in [1.29, 1.82) is 0 Å². The van der Waals surface area contributed by atoms with Crippen LogP contribution in [0.2, 0.25) is 0 Å². The quantitative estimate of drug-likeness (QED) is 0.766. The molecule has 0 aliphatic heterocycles. The van der Waals surface area contributed by atoms with Gasteiger partial charge in [-0.3, -0.25) is 0 Å². The highest BCUT2D eigenvalue weighted by atomic mass is 79.9. The van der Waals surface area contributed by atoms with Crippen LogP contribution in [0.4, 0.5) is 0 Å². The van der Waals surface area contributed by atoms with E-state index in [9.17, 15) is 0 Å². The summed E-state index contributed by atoms with van der Waals surface area (Å²) in [4.78, 5) is 3.17. The molecule has 2 aromatic rings. The molecule has 0 aliphatic rings. The Morgan fingerprint density at radius 3 is 2.93 bits per heavy atom. The Morgan fingerprint density at radius 2 is 2.21 bits per heavy atom. The number of halogens is 1. The summed E-state index contributed by atoms with van der Waals surface area (Å²) >= 11 is 3.44. The zero-order valence-electron chi connectivity index (χ0n) is 7.63. The van der Waals surface area contributed by atoms with Crippen molar-refractivity contribution >= 4 is 26.8 Å². The highest BCUT2D eigenvalue weighted by Crippen LogP contribution is 2.25. The topological polar surface area (TPSA) is 67.8 Å². The standard InChI is InChI=1S/C10H12BrN3/c11-6-1-2-10-7(3-6)8(5-14-10)9(13)4-12/h1-3,5,9,14H,4,12-13H2/t9-/m1/s1. The van der Waals surface area contributed by atoms with Gasteiger partial charge in [-0.15, -0.1) is 0 Å². The minimum absolute atomic E-state index is 0.0990. The number of benzene rings is 1. The molecule has 14 heavy (non-hydrogen) atoms. The van der Waals surface area contributed by atoms with E-state index in [-0.39, 0.29) is 6.04 Å². The fraction of sp³-hybridized carbons (Fsp3) is 0.200. The van der Waals surface area contributed by atoms with E-state index in [0.29, 0.717) is 6.54 Å². The molecular formula is C10H12BrN3. The molecule has 0 bridgehead atoms. The minimum Gasteiger partial charge on any atom is -0.361 e. The van der Waals surface area contributed by atoms with Crippen molar-refractivity contribution in [3.63, 3.8) is 0 Å². The molecule has 3 nitrogen and oxygen atoms in total. The summed E-state index contributed by atoms with van der Waals surface area (Å²) in [5.41, 5.74) is 13.6. The molecule has 2 rings (SSSR count). The first-order valence-corrected chi connectivity index (χ1v) is 5.24. The van der Waals surface area contributed by atoms with Gasteiger partial charge in [0.2, 0.25) is 0 Å². The van der Waals surface area contributed by atoms with Gasteiger partial charge in [-0.25, -0.2) is 0 Å². The molecule has 0 aliphatic carbocycles. The Bertz CT molecular complexity index is 450. The van der Waals surface area contributed by atoms with Gasteiger partial charge in [-0.05, 0) is 23.8 Å². The Kier molecular flexibility index (Phi) is 2.58. The molecule has 0 fully saturated rings. The highest BCUT2D eigenvalue weighted by molar-refractivity contribution is 9.10. The number of nitrogens with one attached hydrogen (secondary N) is 1. The van der Waals surface area contributed by atoms with E-state index in [4.69, 9.17) is 11.5 Å². The first kappa shape index (κ1) is 9.71. The van der Waals surface area contributed by atoms with Crippen LogP contribution in [0.25, 0.3) is 10.9 Å². The van der Waals surface area contributed by atoms with Crippen LogP contribution in [-0.2, 0) is 0 Å². The van der Waals surface area contributed by atoms with Crippen LogP contribution < -0.4 is 11.5 Å². The SMILES string of the molecule is NC[C@@H](N)c1c[nH]c2ccc(Br)cc12. The van der Waals surface area contributed by atoms with Gasteiger partial charge < -0.3 is 16.5 Å². The average Bonchev–Trinajstić information content (AvgIpc) is 2.59. The van der Waals surface area contributed by atoms with Crippen LogP contribution in [0.15, 0.2) is 28.9 Å². The molecule has 0 saturated heterocycles. The number of rotatable bonds is 2. The van der Waals surface area contributed by atoms with E-state index >= 15 is 0 Å². The Labute approximate surface area is 90.6 Å². The van der Waals surface area contributed by atoms with E-state index in [1.165, 1.54) is 0 Å². The smallest absolute Gasteiger partial charge is 0.0458 e. The molecule has 0 spiro atoms. The van der Waals surface area contributed by atoms with Crippen molar-refractivity contribution in [2.24, 2.45) is 11.5 Å². The number of nitrogens with two attached hydrogens (primary N) is 2. The Balaban J connectivity index is 2.61. The lowest BCUT2D eigenvalue weighted by molar-refractivity contribution is 0.743. The predicted octanol–water partition coefficient (Wildman–Crippen LogP) is 1.89. The van der Waals surface area contributed by atoms with Gasteiger partial charge in [0, 0.05) is 34.2 Å². The molecule has 0 saturated carbocycles. The van der Waals surface area contributed by atoms with E-state index < -0.39 is 0 Å². The van der Waals surface area contributed by atoms with E-state index in [2.05, 4.69) is 27.0 Å². The van der Waals surface area contributed by atoms with Crippen molar-refractivity contribution in [1.82, 2.24) is 4.98 Å². The van der Waals surface area contributed by atoms with Crippen LogP contribution in [0, 0.1) is 0 Å². The summed E-state index contributed by atoms with van der Waals surface area (Å²) in [5.74, 6) is 0. The molecule has 5 N–H and O–H groups in total. The van der Waals surface area contributed by atoms with Crippen LogP contribution in [0.1, 0.15) is 11.6 Å². The summed E-state index contributed by atoms with van der Waals surface area (Å²) in [6, 6.07) is 5.97. The largest absolute Gasteiger partial charge is 0.361 e. The summed E-state index contributed by atoms with van der Waals surface area (Å²) in [5, 5.41) is 1.14. The number of aromatic amines is 1. The Hall–Kier alpha value is -0.840. The fourth-order valence-electron chi connectivity index (χ4n) is 1.55. The van der Waals surface area contributed by atoms with Crippen LogP contribution in [0.3, 0.4) is 0 Å². The third kappa shape index (κ3) is 1.56. The number of hydrogen-bond acceptors (Lipinski definition) is 2. The maximum Gasteiger partial charge on any atom is 0.0458 e. The van der Waals surface area contributed by atoms with Gasteiger partial charge in [0.1, 0.15) is 0 Å². The maximum atomic E-state index is 5.89. The molecule has 1 aromatic heterocycles. The summed E-state index contributed by atoms with van der Waals surface area (Å²) in [7, 11) is 0. The van der Waals surface area contributed by atoms with E-state index in [1.807, 2.05) is 18.3 Å². The predicted molar refractivity (Wildman–Crippen MR) is 62.0 cm³/mol. The summed E-state index contributed by atoms with van der Waals surface area (Å²) in [6.45, 7) is 0.458. The zero-order chi connectivity index (χ0) is 10.1. The summed E-state index contributed by atoms with van der Waals surface area (Å²) < 4.78 is 1.05. The second-order valence-corrected chi connectivity index (χ2v) is 4.19. The first-order valence-electron chi connectivity index (χ1n) is 4.44. The first-order chi connectivity index (χ1) is 6.72. The average molecular weight is 254 g/mol. The molecule has 1 atom stereocenters. The number of H-pyrrole nitrogens is 1. The lowest BCUT2D eigenvalue weighted by Gasteiger charge is -2.06. The monoisotopic (exact) mass is 253 g/mol. The van der Waals surface area contributed by atoms with Crippen molar-refractivity contribution in [3.8, 4) is 0 Å². The molecular weight excluding hydrogens is 242 g/mol. The molecule has 1 heterocycles. The van der Waals surface area contributed by atoms with Crippen molar-refractivity contribution in [2.75, 3.05) is 6.54 Å². The van der Waals surface area contributed by atoms with Crippen LogP contribution >= 0.6 is 15.9 Å². The molecule has 74 valence electrons. The molecule has 0 amide bonds. The van der Waals surface area contributed by atoms with E-state index in [1.54, 1.807) is 0 Å². The lowest BCUT2D eigenvalue weighted by atomic mass is 10.1. The van der Waals surface area contributed by atoms with Gasteiger partial charge in [0.25, 0.3) is 0 Å². The molecule has 0 radical (unpaired) electrons. The zero-order valence-corrected chi connectivity index (χ0v) is 9.21. The van der Waals surface area contributed by atoms with Crippen LogP contribution in [-0.4, -0.2) is 11.5 Å². The highest BCUT2D eigenvalue weighted by Gasteiger charge is 2.09. The van der Waals surface area contributed by atoms with Gasteiger partial charge in [-0.1, -0.05) is 15.9 Å². The normalized spacial score (nSPS) is 13.4. The number of aromatic nitrogens is 1. The fourth-order valence-corrected chi connectivity index (χ4v) is 1.91. The van der Waals surface area contributed by atoms with E-state index in [0.717, 1.165) is 20.9 Å². The van der Waals surface area contributed by atoms with Gasteiger partial charge in [0.05, 0.1) is 0 Å². The third-order valence-corrected chi connectivity index (χ3v) is 2.82. The third-order valence-electron chi connectivity index (χ3n) is 2.33. The van der Waals surface area contributed by atoms with Crippen molar-refractivity contribution in [2.45, 2.75) is 6.04 Å². The van der Waals surface area contributed by atoms with Gasteiger partial charge >= 0.3 is 0 Å². The van der Waals surface area contributed by atoms with Crippen molar-refractivity contribution in [3.05, 3.63) is 34.4 Å². The Morgan fingerprint density at radius 1 is 1.43 bits per heavy atom. The lowest BCUT2D eigenvalue weighted by Crippen LogP contribution is -2.20. The van der Waals surface area contributed by atoms with Crippen LogP contribution in [0.5, 0.6) is 0 Å². The minimum atomic E-state index is -0.0990. The number of fused-ring (bicyclic) bond motifs is 1. The second-order valence-electron chi connectivity index (χ2n) is 3.28. The summed E-state index contributed by atoms with van der Waals surface area (Å²) in [6.07, 6.45) is 1.93. The molecule has 0 unspecified atom stereocenters. The molecule has 1 aromatic carbocycles. The maximum absolute atomic E-state index is 5.89. The molecule has 4 heteroatoms. The number of hydrogen-bond donors (Lipinski definition) is 3. The van der Waals surface area contributed by atoms with Crippen molar-refractivity contribution < 1.29 is 0 Å². The van der Waals surface area contributed by atoms with Gasteiger partial charge in [-0.2, -0.15) is 0 Å².